The van der Waals surface area contributed by atoms with Crippen molar-refractivity contribution in [2.75, 3.05) is 0 Å². The smallest absolute Gasteiger partial charge is 0.349 e. The summed E-state index contributed by atoms with van der Waals surface area (Å²) in [6.07, 6.45) is -0.729. The van der Waals surface area contributed by atoms with Gasteiger partial charge in [0, 0.05) is 15.6 Å². The third-order valence-corrected chi connectivity index (χ3v) is 5.66. The van der Waals surface area contributed by atoms with E-state index in [1.54, 1.807) is 26.0 Å². The number of fused-ring (bicyclic) bond motifs is 1. The van der Waals surface area contributed by atoms with E-state index in [4.69, 9.17) is 9.15 Å². The molecule has 0 N–H and O–H groups in total. The third kappa shape index (κ3) is 3.29. The number of aryl methyl sites for hydroxylation is 2. The van der Waals surface area contributed by atoms with Gasteiger partial charge in [-0.25, -0.2) is 9.18 Å². The van der Waals surface area contributed by atoms with Gasteiger partial charge in [-0.05, 0) is 50.6 Å². The Bertz CT molecular complexity index is 1180. The Balaban J connectivity index is 1.56. The number of ether oxygens (including phenoxy) is 1. The Kier molecular flexibility index (Phi) is 4.68. The highest BCUT2D eigenvalue weighted by Crippen LogP contribution is 2.34. The van der Waals surface area contributed by atoms with Crippen LogP contribution in [0.25, 0.3) is 21.5 Å². The highest BCUT2D eigenvalue weighted by Gasteiger charge is 2.24. The first-order valence-corrected chi connectivity index (χ1v) is 9.54. The molecule has 28 heavy (non-hydrogen) atoms. The summed E-state index contributed by atoms with van der Waals surface area (Å²) in [6, 6.07) is 12.5. The summed E-state index contributed by atoms with van der Waals surface area (Å²) in [6.45, 7) is 5.35. The monoisotopic (exact) mass is 396 g/mol. The molecule has 4 rings (SSSR count). The van der Waals surface area contributed by atoms with E-state index in [1.165, 1.54) is 17.4 Å². The molecule has 2 aromatic heterocycles. The molecule has 0 aliphatic heterocycles. The van der Waals surface area contributed by atoms with Gasteiger partial charge >= 0.3 is 5.97 Å². The number of esters is 1. The van der Waals surface area contributed by atoms with E-state index in [-0.39, 0.29) is 11.7 Å². The summed E-state index contributed by atoms with van der Waals surface area (Å²) < 4.78 is 25.9. The van der Waals surface area contributed by atoms with E-state index in [9.17, 15) is 9.18 Å². The fourth-order valence-electron chi connectivity index (χ4n) is 3.01. The zero-order valence-corrected chi connectivity index (χ0v) is 16.3. The summed E-state index contributed by atoms with van der Waals surface area (Å²) in [7, 11) is 0. The van der Waals surface area contributed by atoms with Crippen LogP contribution in [0.1, 0.15) is 39.7 Å². The molecule has 2 aromatic carbocycles. The highest BCUT2D eigenvalue weighted by molar-refractivity contribution is 7.21. The molecule has 0 fully saturated rings. The number of halogens is 1. The van der Waals surface area contributed by atoms with E-state index in [0.29, 0.717) is 26.4 Å². The third-order valence-electron chi connectivity index (χ3n) is 4.43. The maximum absolute atomic E-state index is 14.1. The summed E-state index contributed by atoms with van der Waals surface area (Å²) in [5.41, 5.74) is 2.44. The first-order chi connectivity index (χ1) is 13.4. The van der Waals surface area contributed by atoms with E-state index in [0.717, 1.165) is 11.1 Å². The topological polar surface area (TPSA) is 65.2 Å². The Labute approximate surface area is 164 Å². The lowest BCUT2D eigenvalue weighted by Crippen LogP contribution is -2.09. The molecule has 2 heterocycles. The quantitative estimate of drug-likeness (QED) is 0.419. The minimum absolute atomic E-state index is 0.204. The van der Waals surface area contributed by atoms with E-state index < -0.39 is 12.1 Å². The Morgan fingerprint density at radius 2 is 1.96 bits per heavy atom. The number of rotatable bonds is 4. The van der Waals surface area contributed by atoms with Crippen LogP contribution in [0.4, 0.5) is 4.39 Å². The molecule has 0 amide bonds. The standard InChI is InChI=1S/C21H17FN2O3S/c1-11-6-4-7-14(10-11)20-24-23-19(27-20)13(3)26-21(25)18-12(2)17-15(22)8-5-9-16(17)28-18/h4-10,13H,1-3H3. The number of hydrogen-bond donors (Lipinski definition) is 0. The van der Waals surface area contributed by atoms with Gasteiger partial charge in [-0.15, -0.1) is 21.5 Å². The number of aromatic nitrogens is 2. The molecule has 0 radical (unpaired) electrons. The van der Waals surface area contributed by atoms with Crippen LogP contribution >= 0.6 is 11.3 Å². The summed E-state index contributed by atoms with van der Waals surface area (Å²) in [4.78, 5) is 13.0. The molecule has 0 spiro atoms. The second-order valence-corrected chi connectivity index (χ2v) is 7.58. The molecule has 0 saturated heterocycles. The molecule has 0 saturated carbocycles. The number of carbonyl (C=O) groups is 1. The van der Waals surface area contributed by atoms with Crippen molar-refractivity contribution in [3.63, 3.8) is 0 Å². The molecule has 0 bridgehead atoms. The Morgan fingerprint density at radius 3 is 2.71 bits per heavy atom. The zero-order chi connectivity index (χ0) is 19.8. The normalized spacial score (nSPS) is 12.3. The average Bonchev–Trinajstić information content (AvgIpc) is 3.28. The largest absolute Gasteiger partial charge is 0.448 e. The summed E-state index contributed by atoms with van der Waals surface area (Å²) in [5.74, 6) is -0.324. The van der Waals surface area contributed by atoms with Crippen LogP contribution in [0.2, 0.25) is 0 Å². The number of benzene rings is 2. The first kappa shape index (κ1) is 18.3. The van der Waals surface area contributed by atoms with Crippen LogP contribution < -0.4 is 0 Å². The maximum atomic E-state index is 14.1. The minimum atomic E-state index is -0.729. The molecule has 4 aromatic rings. The van der Waals surface area contributed by atoms with Crippen molar-refractivity contribution in [3.8, 4) is 11.5 Å². The van der Waals surface area contributed by atoms with Crippen LogP contribution in [-0.4, -0.2) is 16.2 Å². The van der Waals surface area contributed by atoms with E-state index >= 15 is 0 Å². The highest BCUT2D eigenvalue weighted by atomic mass is 32.1. The molecule has 0 aliphatic rings. The molecule has 5 nitrogen and oxygen atoms in total. The van der Waals surface area contributed by atoms with Crippen molar-refractivity contribution in [1.29, 1.82) is 0 Å². The summed E-state index contributed by atoms with van der Waals surface area (Å²) >= 11 is 1.21. The van der Waals surface area contributed by atoms with Crippen molar-refractivity contribution in [1.82, 2.24) is 10.2 Å². The Hall–Kier alpha value is -3.06. The molecule has 1 unspecified atom stereocenters. The van der Waals surface area contributed by atoms with Gasteiger partial charge in [-0.1, -0.05) is 23.8 Å². The van der Waals surface area contributed by atoms with Crippen LogP contribution in [0.3, 0.4) is 0 Å². The SMILES string of the molecule is Cc1cccc(-c2nnc(C(C)OC(=O)c3sc4cccc(F)c4c3C)o2)c1. The number of nitrogens with zero attached hydrogens (tertiary/aromatic N) is 2. The fraction of sp³-hybridized carbons (Fsp3) is 0.190. The van der Waals surface area contributed by atoms with Crippen molar-refractivity contribution >= 4 is 27.4 Å². The van der Waals surface area contributed by atoms with Crippen LogP contribution in [0, 0.1) is 19.7 Å². The van der Waals surface area contributed by atoms with Crippen LogP contribution in [-0.2, 0) is 4.74 Å². The van der Waals surface area contributed by atoms with Gasteiger partial charge in [0.15, 0.2) is 6.10 Å². The lowest BCUT2D eigenvalue weighted by atomic mass is 10.1. The van der Waals surface area contributed by atoms with Gasteiger partial charge in [0.1, 0.15) is 10.7 Å². The van der Waals surface area contributed by atoms with Crippen molar-refractivity contribution in [3.05, 3.63) is 70.2 Å². The number of hydrogen-bond acceptors (Lipinski definition) is 6. The van der Waals surface area contributed by atoms with Gasteiger partial charge in [0.05, 0.1) is 0 Å². The van der Waals surface area contributed by atoms with Crippen LogP contribution in [0.5, 0.6) is 0 Å². The van der Waals surface area contributed by atoms with Gasteiger partial charge in [0.2, 0.25) is 5.89 Å². The number of thiophene rings is 1. The molecule has 0 aliphatic carbocycles. The molecule has 142 valence electrons. The fourth-order valence-corrected chi connectivity index (χ4v) is 4.11. The molecular weight excluding hydrogens is 379 g/mol. The number of carbonyl (C=O) groups excluding carboxylic acids is 1. The van der Waals surface area contributed by atoms with Gasteiger partial charge < -0.3 is 9.15 Å². The Morgan fingerprint density at radius 1 is 1.18 bits per heavy atom. The van der Waals surface area contributed by atoms with E-state index in [2.05, 4.69) is 10.2 Å². The van der Waals surface area contributed by atoms with E-state index in [1.807, 2.05) is 31.2 Å². The van der Waals surface area contributed by atoms with Gasteiger partial charge in [-0.3, -0.25) is 0 Å². The lowest BCUT2D eigenvalue weighted by molar-refractivity contribution is 0.0285. The molecule has 7 heteroatoms. The zero-order valence-electron chi connectivity index (χ0n) is 15.5. The predicted molar refractivity (Wildman–Crippen MR) is 105 cm³/mol. The van der Waals surface area contributed by atoms with Crippen molar-refractivity contribution < 1.29 is 18.3 Å². The van der Waals surface area contributed by atoms with Gasteiger partial charge in [0.25, 0.3) is 5.89 Å². The first-order valence-electron chi connectivity index (χ1n) is 8.73. The second kappa shape index (κ2) is 7.16. The summed E-state index contributed by atoms with van der Waals surface area (Å²) in [5, 5.41) is 8.49. The maximum Gasteiger partial charge on any atom is 0.349 e. The molecular formula is C21H17FN2O3S. The van der Waals surface area contributed by atoms with Gasteiger partial charge in [-0.2, -0.15) is 0 Å². The van der Waals surface area contributed by atoms with Crippen molar-refractivity contribution in [2.24, 2.45) is 0 Å². The minimum Gasteiger partial charge on any atom is -0.448 e. The van der Waals surface area contributed by atoms with Crippen molar-refractivity contribution in [2.45, 2.75) is 26.9 Å². The lowest BCUT2D eigenvalue weighted by Gasteiger charge is -2.08. The average molecular weight is 396 g/mol. The van der Waals surface area contributed by atoms with Crippen LogP contribution in [0.15, 0.2) is 46.9 Å². The predicted octanol–water partition coefficient (Wildman–Crippen LogP) is 5.63. The second-order valence-electron chi connectivity index (χ2n) is 6.53. The molecule has 1 atom stereocenters.